The van der Waals surface area contributed by atoms with Crippen LogP contribution >= 0.6 is 11.3 Å². The number of hydrogen-bond acceptors (Lipinski definition) is 5. The van der Waals surface area contributed by atoms with Crippen molar-refractivity contribution in [1.29, 1.82) is 0 Å². The van der Waals surface area contributed by atoms with Gasteiger partial charge in [-0.15, -0.1) is 11.3 Å². The molecule has 136 valence electrons. The first-order chi connectivity index (χ1) is 12.0. The molecule has 0 saturated heterocycles. The van der Waals surface area contributed by atoms with Crippen molar-refractivity contribution >= 4 is 27.0 Å². The van der Waals surface area contributed by atoms with Gasteiger partial charge in [0.2, 0.25) is 10.0 Å². The second-order valence-corrected chi connectivity index (χ2v) is 9.32. The van der Waals surface area contributed by atoms with Crippen molar-refractivity contribution in [3.8, 4) is 0 Å². The van der Waals surface area contributed by atoms with E-state index in [-0.39, 0.29) is 5.75 Å². The summed E-state index contributed by atoms with van der Waals surface area (Å²) in [5, 5.41) is 0. The number of anilines is 1. The quantitative estimate of drug-likeness (QED) is 0.762. The number of thiazole rings is 1. The third-order valence-electron chi connectivity index (χ3n) is 4.58. The molecule has 7 heteroatoms. The molecule has 0 unspecified atom stereocenters. The summed E-state index contributed by atoms with van der Waals surface area (Å²) < 4.78 is 27.8. The lowest BCUT2D eigenvalue weighted by molar-refractivity contribution is 0.279. The third-order valence-corrected chi connectivity index (χ3v) is 6.85. The average Bonchev–Trinajstić information content (AvgIpc) is 3.17. The van der Waals surface area contributed by atoms with Crippen LogP contribution in [0.1, 0.15) is 41.5 Å². The van der Waals surface area contributed by atoms with Crippen molar-refractivity contribution < 1.29 is 8.42 Å². The Kier molecular flexibility index (Phi) is 5.76. The normalized spacial score (nSPS) is 14.6. The molecule has 1 N–H and O–H groups in total. The summed E-state index contributed by atoms with van der Waals surface area (Å²) >= 11 is 1.51. The van der Waals surface area contributed by atoms with Crippen LogP contribution < -0.4 is 4.72 Å². The summed E-state index contributed by atoms with van der Waals surface area (Å²) in [4.78, 5) is 7.60. The van der Waals surface area contributed by atoms with Gasteiger partial charge in [0.15, 0.2) is 0 Å². The highest BCUT2D eigenvalue weighted by atomic mass is 32.2. The third kappa shape index (κ3) is 4.59. The van der Waals surface area contributed by atoms with Crippen molar-refractivity contribution in [1.82, 2.24) is 9.88 Å². The van der Waals surface area contributed by atoms with E-state index in [2.05, 4.69) is 27.6 Å². The van der Waals surface area contributed by atoms with E-state index in [9.17, 15) is 8.42 Å². The number of nitrogens with zero attached hydrogens (tertiary/aromatic N) is 2. The Labute approximate surface area is 154 Å². The van der Waals surface area contributed by atoms with Gasteiger partial charge in [0, 0.05) is 18.0 Å². The topological polar surface area (TPSA) is 62.3 Å². The van der Waals surface area contributed by atoms with Crippen LogP contribution in [0.2, 0.25) is 0 Å². The van der Waals surface area contributed by atoms with Gasteiger partial charge in [-0.2, -0.15) is 0 Å². The molecule has 25 heavy (non-hydrogen) atoms. The maximum Gasteiger partial charge on any atom is 0.233 e. The largest absolute Gasteiger partial charge is 0.295 e. The average molecular weight is 380 g/mol. The Morgan fingerprint density at radius 3 is 2.88 bits per heavy atom. The second-order valence-electron chi connectivity index (χ2n) is 6.54. The minimum atomic E-state index is -3.37. The van der Waals surface area contributed by atoms with E-state index in [1.807, 2.05) is 19.1 Å². The van der Waals surface area contributed by atoms with E-state index >= 15 is 0 Å². The smallest absolute Gasteiger partial charge is 0.233 e. The number of aromatic nitrogens is 1. The lowest BCUT2D eigenvalue weighted by Gasteiger charge is -2.14. The number of aryl methyl sites for hydroxylation is 2. The molecule has 0 bridgehead atoms. The van der Waals surface area contributed by atoms with Crippen LogP contribution in [-0.2, 0) is 29.5 Å². The van der Waals surface area contributed by atoms with E-state index in [1.54, 1.807) is 5.51 Å². The van der Waals surface area contributed by atoms with Crippen LogP contribution in [0.25, 0.3) is 0 Å². The van der Waals surface area contributed by atoms with Gasteiger partial charge in [0.05, 0.1) is 22.6 Å². The summed E-state index contributed by atoms with van der Waals surface area (Å²) in [5.74, 6) is 0.0826. The first kappa shape index (κ1) is 18.4. The molecule has 1 aliphatic rings. The van der Waals surface area contributed by atoms with Crippen molar-refractivity contribution in [2.24, 2.45) is 0 Å². The first-order valence-corrected chi connectivity index (χ1v) is 11.2. The van der Waals surface area contributed by atoms with Gasteiger partial charge in [0.25, 0.3) is 0 Å². The van der Waals surface area contributed by atoms with E-state index in [0.29, 0.717) is 6.42 Å². The molecule has 0 spiro atoms. The van der Waals surface area contributed by atoms with Crippen LogP contribution in [0.5, 0.6) is 0 Å². The molecule has 0 saturated carbocycles. The maximum atomic E-state index is 12.5. The molecule has 0 fully saturated rings. The Morgan fingerprint density at radius 2 is 2.16 bits per heavy atom. The summed E-state index contributed by atoms with van der Waals surface area (Å²) in [6.45, 7) is 6.89. The zero-order valence-corrected chi connectivity index (χ0v) is 16.4. The van der Waals surface area contributed by atoms with E-state index < -0.39 is 10.0 Å². The summed E-state index contributed by atoms with van der Waals surface area (Å²) in [6.07, 6.45) is 2.84. The van der Waals surface area contributed by atoms with Gasteiger partial charge >= 0.3 is 0 Å². The fourth-order valence-corrected chi connectivity index (χ4v) is 5.15. The van der Waals surface area contributed by atoms with E-state index in [0.717, 1.165) is 41.5 Å². The van der Waals surface area contributed by atoms with Crippen molar-refractivity contribution in [2.75, 3.05) is 17.0 Å². The highest BCUT2D eigenvalue weighted by Crippen LogP contribution is 2.30. The molecule has 0 atom stereocenters. The number of rotatable bonds is 8. The van der Waals surface area contributed by atoms with Gasteiger partial charge in [0.1, 0.15) is 0 Å². The van der Waals surface area contributed by atoms with Crippen LogP contribution in [-0.4, -0.2) is 30.6 Å². The summed E-state index contributed by atoms with van der Waals surface area (Å²) in [6, 6.07) is 5.91. The van der Waals surface area contributed by atoms with E-state index in [4.69, 9.17) is 0 Å². The van der Waals surface area contributed by atoms with Crippen molar-refractivity contribution in [3.63, 3.8) is 0 Å². The van der Waals surface area contributed by atoms with Gasteiger partial charge in [-0.1, -0.05) is 25.5 Å². The second kappa shape index (κ2) is 7.85. The Morgan fingerprint density at radius 1 is 1.32 bits per heavy atom. The zero-order chi connectivity index (χ0) is 17.9. The van der Waals surface area contributed by atoms with Crippen LogP contribution in [0.15, 0.2) is 23.7 Å². The van der Waals surface area contributed by atoms with Gasteiger partial charge in [-0.3, -0.25) is 9.62 Å². The zero-order valence-electron chi connectivity index (χ0n) is 14.8. The summed E-state index contributed by atoms with van der Waals surface area (Å²) in [5.41, 5.74) is 5.77. The molecular formula is C18H25N3O2S2. The molecule has 2 heterocycles. The first-order valence-electron chi connectivity index (χ1n) is 8.71. The monoisotopic (exact) mass is 379 g/mol. The molecule has 0 aliphatic carbocycles. The van der Waals surface area contributed by atoms with Gasteiger partial charge in [-0.05, 0) is 43.5 Å². The van der Waals surface area contributed by atoms with Gasteiger partial charge in [-0.25, -0.2) is 13.4 Å². The molecule has 5 nitrogen and oxygen atoms in total. The number of fused-ring (bicyclic) bond motifs is 1. The fraction of sp³-hybridized carbons (Fsp3) is 0.500. The predicted molar refractivity (Wildman–Crippen MR) is 103 cm³/mol. The number of nitrogens with one attached hydrogen (secondary N) is 1. The molecule has 0 radical (unpaired) electrons. The Balaban J connectivity index is 1.67. The molecule has 3 rings (SSSR count). The molecule has 0 amide bonds. The molecule has 1 aromatic heterocycles. The van der Waals surface area contributed by atoms with Crippen molar-refractivity contribution in [2.45, 2.75) is 46.2 Å². The highest BCUT2D eigenvalue weighted by Gasteiger charge is 2.23. The number of sulfonamides is 1. The molecular weight excluding hydrogens is 354 g/mol. The highest BCUT2D eigenvalue weighted by molar-refractivity contribution is 7.92. The fourth-order valence-electron chi connectivity index (χ4n) is 3.14. The lowest BCUT2D eigenvalue weighted by atomic mass is 10.1. The Hall–Kier alpha value is -1.44. The minimum Gasteiger partial charge on any atom is -0.295 e. The summed E-state index contributed by atoms with van der Waals surface area (Å²) in [7, 11) is -3.37. The van der Waals surface area contributed by atoms with Crippen molar-refractivity contribution in [3.05, 3.63) is 45.4 Å². The Bertz CT molecular complexity index is 831. The number of hydrogen-bond donors (Lipinski definition) is 1. The van der Waals surface area contributed by atoms with Crippen LogP contribution in [0.4, 0.5) is 5.69 Å². The predicted octanol–water partition coefficient (Wildman–Crippen LogP) is 3.55. The number of unbranched alkanes of at least 4 members (excludes halogenated alkanes) is 1. The van der Waals surface area contributed by atoms with Gasteiger partial charge < -0.3 is 0 Å². The molecule has 1 aromatic carbocycles. The van der Waals surface area contributed by atoms with E-state index in [1.165, 1.54) is 29.7 Å². The lowest BCUT2D eigenvalue weighted by Crippen LogP contribution is -2.20. The van der Waals surface area contributed by atoms with Crippen LogP contribution in [0.3, 0.4) is 0 Å². The SMILES string of the molecule is CCCCN1Cc2cccc(NS(=O)(=O)CCc3scnc3C)c2C1. The number of benzene rings is 1. The minimum absolute atomic E-state index is 0.0826. The standard InChI is InChI=1S/C18H25N3O2S2/c1-3-4-9-21-11-15-6-5-7-17(16(15)12-21)20-25(22,23)10-8-18-14(2)19-13-24-18/h5-7,13,20H,3-4,8-12H2,1-2H3. The van der Waals surface area contributed by atoms with Crippen LogP contribution in [0, 0.1) is 6.92 Å². The maximum absolute atomic E-state index is 12.5. The molecule has 1 aliphatic heterocycles. The molecule has 2 aromatic rings.